The number of hydrogen-bond donors (Lipinski definition) is 1. The number of methoxy groups -OCH3 is 1. The van der Waals surface area contributed by atoms with Crippen molar-refractivity contribution in [2.24, 2.45) is 0 Å². The summed E-state index contributed by atoms with van der Waals surface area (Å²) in [6, 6.07) is 13.4. The number of anilines is 1. The van der Waals surface area contributed by atoms with E-state index in [1.807, 2.05) is 61.7 Å². The summed E-state index contributed by atoms with van der Waals surface area (Å²) in [4.78, 5) is 16.8. The normalized spacial score (nSPS) is 10.5. The fourth-order valence-electron chi connectivity index (χ4n) is 2.35. The molecule has 0 aliphatic heterocycles. The molecule has 0 unspecified atom stereocenters. The van der Waals surface area contributed by atoms with Crippen LogP contribution in [0.15, 0.2) is 47.8 Å². The van der Waals surface area contributed by atoms with Gasteiger partial charge in [0.1, 0.15) is 5.75 Å². The quantitative estimate of drug-likeness (QED) is 0.751. The van der Waals surface area contributed by atoms with Gasteiger partial charge in [0.05, 0.1) is 12.8 Å². The van der Waals surface area contributed by atoms with E-state index in [2.05, 4.69) is 10.3 Å². The average molecular weight is 338 g/mol. The molecule has 0 saturated heterocycles. The first-order valence-electron chi connectivity index (χ1n) is 7.55. The van der Waals surface area contributed by atoms with Gasteiger partial charge in [-0.05, 0) is 38.1 Å². The topological polar surface area (TPSA) is 51.2 Å². The summed E-state index contributed by atoms with van der Waals surface area (Å²) in [7, 11) is 1.64. The van der Waals surface area contributed by atoms with Gasteiger partial charge in [-0.3, -0.25) is 10.1 Å². The van der Waals surface area contributed by atoms with Crippen LogP contribution < -0.4 is 10.1 Å². The van der Waals surface area contributed by atoms with Crippen molar-refractivity contribution in [1.29, 1.82) is 0 Å². The molecule has 0 aliphatic carbocycles. The minimum atomic E-state index is -0.160. The molecule has 4 nitrogen and oxygen atoms in total. The van der Waals surface area contributed by atoms with Crippen LogP contribution in [0.5, 0.6) is 5.75 Å². The Morgan fingerprint density at radius 2 is 1.79 bits per heavy atom. The van der Waals surface area contributed by atoms with Crippen molar-refractivity contribution in [2.75, 3.05) is 12.4 Å². The summed E-state index contributed by atoms with van der Waals surface area (Å²) in [6.07, 6.45) is 0. The van der Waals surface area contributed by atoms with Crippen molar-refractivity contribution >= 4 is 22.4 Å². The largest absolute Gasteiger partial charge is 0.496 e. The minimum Gasteiger partial charge on any atom is -0.496 e. The zero-order valence-electron chi connectivity index (χ0n) is 13.8. The van der Waals surface area contributed by atoms with Gasteiger partial charge in [-0.2, -0.15) is 0 Å². The van der Waals surface area contributed by atoms with Crippen LogP contribution in [0.4, 0.5) is 5.13 Å². The monoisotopic (exact) mass is 338 g/mol. The Kier molecular flexibility index (Phi) is 4.62. The molecule has 3 aromatic rings. The van der Waals surface area contributed by atoms with Crippen LogP contribution in [0, 0.1) is 13.8 Å². The summed E-state index contributed by atoms with van der Waals surface area (Å²) in [6.45, 7) is 4.01. The molecule has 2 aromatic carbocycles. The third kappa shape index (κ3) is 3.46. The number of thiazole rings is 1. The van der Waals surface area contributed by atoms with Crippen LogP contribution in [0.25, 0.3) is 11.3 Å². The molecule has 122 valence electrons. The molecule has 5 heteroatoms. The van der Waals surface area contributed by atoms with Crippen LogP contribution in [0.1, 0.15) is 21.5 Å². The van der Waals surface area contributed by atoms with Crippen LogP contribution >= 0.6 is 11.3 Å². The summed E-state index contributed by atoms with van der Waals surface area (Å²) in [5.41, 5.74) is 4.58. The first-order chi connectivity index (χ1) is 11.6. The van der Waals surface area contributed by atoms with E-state index in [0.717, 1.165) is 28.1 Å². The van der Waals surface area contributed by atoms with Crippen molar-refractivity contribution in [3.8, 4) is 17.0 Å². The molecular weight excluding hydrogens is 320 g/mol. The molecule has 1 heterocycles. The first kappa shape index (κ1) is 16.2. The lowest BCUT2D eigenvalue weighted by atomic mass is 10.1. The van der Waals surface area contributed by atoms with E-state index in [0.29, 0.717) is 10.7 Å². The molecule has 1 N–H and O–H groups in total. The fourth-order valence-corrected chi connectivity index (χ4v) is 3.06. The van der Waals surface area contributed by atoms with E-state index in [4.69, 9.17) is 4.74 Å². The van der Waals surface area contributed by atoms with Gasteiger partial charge in [0, 0.05) is 16.5 Å². The lowest BCUT2D eigenvalue weighted by molar-refractivity contribution is 0.102. The zero-order valence-corrected chi connectivity index (χ0v) is 14.6. The van der Waals surface area contributed by atoms with E-state index < -0.39 is 0 Å². The Morgan fingerprint density at radius 3 is 2.50 bits per heavy atom. The van der Waals surface area contributed by atoms with Crippen LogP contribution in [0.2, 0.25) is 0 Å². The number of ether oxygens (including phenoxy) is 1. The van der Waals surface area contributed by atoms with Crippen LogP contribution in [0.3, 0.4) is 0 Å². The molecular formula is C19H18N2O2S. The molecule has 0 spiro atoms. The molecule has 1 amide bonds. The summed E-state index contributed by atoms with van der Waals surface area (Å²) in [5.74, 6) is 0.606. The van der Waals surface area contributed by atoms with Gasteiger partial charge in [-0.1, -0.05) is 29.3 Å². The number of aryl methyl sites for hydroxylation is 2. The maximum absolute atomic E-state index is 12.3. The summed E-state index contributed by atoms with van der Waals surface area (Å²) >= 11 is 1.40. The molecule has 0 fully saturated rings. The predicted molar refractivity (Wildman–Crippen MR) is 98.0 cm³/mol. The second-order valence-corrected chi connectivity index (χ2v) is 6.42. The SMILES string of the molecule is COc1ccc(C)cc1-c1csc(NC(=O)c2ccc(C)cc2)n1. The van der Waals surface area contributed by atoms with Gasteiger partial charge in [0.2, 0.25) is 0 Å². The van der Waals surface area contributed by atoms with Crippen molar-refractivity contribution in [3.05, 3.63) is 64.5 Å². The molecule has 0 bridgehead atoms. The van der Waals surface area contributed by atoms with E-state index >= 15 is 0 Å². The first-order valence-corrected chi connectivity index (χ1v) is 8.43. The zero-order chi connectivity index (χ0) is 17.1. The highest BCUT2D eigenvalue weighted by molar-refractivity contribution is 7.14. The number of aromatic nitrogens is 1. The smallest absolute Gasteiger partial charge is 0.257 e. The molecule has 3 rings (SSSR count). The van der Waals surface area contributed by atoms with Gasteiger partial charge in [0.15, 0.2) is 5.13 Å². The van der Waals surface area contributed by atoms with E-state index in [1.54, 1.807) is 7.11 Å². The number of nitrogens with zero attached hydrogens (tertiary/aromatic N) is 1. The number of benzene rings is 2. The molecule has 0 saturated carbocycles. The number of nitrogens with one attached hydrogen (secondary N) is 1. The average Bonchev–Trinajstić information content (AvgIpc) is 3.03. The van der Waals surface area contributed by atoms with Crippen LogP contribution in [-0.2, 0) is 0 Å². The Morgan fingerprint density at radius 1 is 1.08 bits per heavy atom. The second-order valence-electron chi connectivity index (χ2n) is 5.56. The lowest BCUT2D eigenvalue weighted by Gasteiger charge is -2.07. The molecule has 1 aromatic heterocycles. The summed E-state index contributed by atoms with van der Waals surface area (Å²) in [5, 5.41) is 5.33. The molecule has 24 heavy (non-hydrogen) atoms. The third-order valence-electron chi connectivity index (χ3n) is 3.67. The Hall–Kier alpha value is -2.66. The highest BCUT2D eigenvalue weighted by atomic mass is 32.1. The highest BCUT2D eigenvalue weighted by Gasteiger charge is 2.13. The number of carbonyl (C=O) groups excluding carboxylic acids is 1. The van der Waals surface area contributed by atoms with E-state index in [1.165, 1.54) is 11.3 Å². The van der Waals surface area contributed by atoms with Crippen molar-refractivity contribution in [1.82, 2.24) is 4.98 Å². The molecule has 0 aliphatic rings. The predicted octanol–water partition coefficient (Wildman–Crippen LogP) is 4.69. The number of hydrogen-bond acceptors (Lipinski definition) is 4. The Balaban J connectivity index is 1.82. The van der Waals surface area contributed by atoms with Gasteiger partial charge in [-0.25, -0.2) is 4.98 Å². The standard InChI is InChI=1S/C19H18N2O2S/c1-12-4-7-14(8-5-12)18(22)21-19-20-16(11-24-19)15-10-13(2)6-9-17(15)23-3/h4-11H,1-3H3,(H,20,21,22). The third-order valence-corrected chi connectivity index (χ3v) is 4.43. The molecule has 0 atom stereocenters. The second kappa shape index (κ2) is 6.84. The van der Waals surface area contributed by atoms with Gasteiger partial charge >= 0.3 is 0 Å². The van der Waals surface area contributed by atoms with Gasteiger partial charge in [0.25, 0.3) is 5.91 Å². The Bertz CT molecular complexity index is 869. The number of amides is 1. The maximum Gasteiger partial charge on any atom is 0.257 e. The van der Waals surface area contributed by atoms with Gasteiger partial charge in [-0.15, -0.1) is 11.3 Å². The van der Waals surface area contributed by atoms with E-state index in [-0.39, 0.29) is 5.91 Å². The number of carbonyl (C=O) groups is 1. The minimum absolute atomic E-state index is 0.160. The van der Waals surface area contributed by atoms with Gasteiger partial charge < -0.3 is 4.74 Å². The Labute approximate surface area is 145 Å². The maximum atomic E-state index is 12.3. The van der Waals surface area contributed by atoms with E-state index in [9.17, 15) is 4.79 Å². The molecule has 0 radical (unpaired) electrons. The van der Waals surface area contributed by atoms with Crippen LogP contribution in [-0.4, -0.2) is 18.0 Å². The van der Waals surface area contributed by atoms with Crippen molar-refractivity contribution in [2.45, 2.75) is 13.8 Å². The highest BCUT2D eigenvalue weighted by Crippen LogP contribution is 2.33. The summed E-state index contributed by atoms with van der Waals surface area (Å²) < 4.78 is 5.40. The lowest BCUT2D eigenvalue weighted by Crippen LogP contribution is -2.11. The van der Waals surface area contributed by atoms with Crippen molar-refractivity contribution in [3.63, 3.8) is 0 Å². The fraction of sp³-hybridized carbons (Fsp3) is 0.158. The van der Waals surface area contributed by atoms with Crippen molar-refractivity contribution < 1.29 is 9.53 Å². The number of rotatable bonds is 4.